The van der Waals surface area contributed by atoms with E-state index in [1.807, 2.05) is 0 Å². The summed E-state index contributed by atoms with van der Waals surface area (Å²) in [4.78, 5) is 13.7. The molecule has 0 aliphatic carbocycles. The van der Waals surface area contributed by atoms with E-state index in [0.29, 0.717) is 19.5 Å². The first-order valence-electron chi connectivity index (χ1n) is 6.07. The van der Waals surface area contributed by atoms with Gasteiger partial charge in [0.05, 0.1) is 12.7 Å². The molecule has 1 heterocycles. The molecule has 0 aromatic heterocycles. The largest absolute Gasteiger partial charge is 0.374 e. The summed E-state index contributed by atoms with van der Waals surface area (Å²) in [7, 11) is 0. The number of amides is 1. The van der Waals surface area contributed by atoms with E-state index in [1.54, 1.807) is 0 Å². The van der Waals surface area contributed by atoms with E-state index >= 15 is 0 Å². The van der Waals surface area contributed by atoms with Crippen LogP contribution in [0.1, 0.15) is 19.8 Å². The van der Waals surface area contributed by atoms with E-state index in [-0.39, 0.29) is 12.0 Å². The van der Waals surface area contributed by atoms with Crippen LogP contribution in [0.5, 0.6) is 0 Å². The summed E-state index contributed by atoms with van der Waals surface area (Å²) in [5.74, 6) is 0.0719. The van der Waals surface area contributed by atoms with Crippen LogP contribution in [-0.4, -0.2) is 56.2 Å². The number of hydrogen-bond acceptors (Lipinski definition) is 4. The van der Waals surface area contributed by atoms with Crippen molar-refractivity contribution in [2.24, 2.45) is 5.73 Å². The highest BCUT2D eigenvalue weighted by molar-refractivity contribution is 5.75. The van der Waals surface area contributed by atoms with Crippen LogP contribution < -0.4 is 11.1 Å². The smallest absolute Gasteiger partial charge is 0.220 e. The van der Waals surface area contributed by atoms with E-state index in [0.717, 1.165) is 32.7 Å². The molecule has 0 aromatic rings. The number of hydrogen-bond donors (Lipinski definition) is 2. The van der Waals surface area contributed by atoms with Gasteiger partial charge in [0.1, 0.15) is 0 Å². The minimum atomic E-state index is 0.0719. The van der Waals surface area contributed by atoms with Gasteiger partial charge in [-0.2, -0.15) is 0 Å². The molecule has 0 spiro atoms. The Labute approximate surface area is 97.3 Å². The number of likely N-dealkylation sites (N-methyl/N-ethyl adjacent to an activating group) is 1. The van der Waals surface area contributed by atoms with Gasteiger partial charge in [0.2, 0.25) is 5.91 Å². The Morgan fingerprint density at radius 3 is 3.12 bits per heavy atom. The fourth-order valence-electron chi connectivity index (χ4n) is 1.77. The second-order valence-corrected chi connectivity index (χ2v) is 4.08. The van der Waals surface area contributed by atoms with Crippen LogP contribution in [0.25, 0.3) is 0 Å². The van der Waals surface area contributed by atoms with Gasteiger partial charge in [0.25, 0.3) is 0 Å². The van der Waals surface area contributed by atoms with Crippen LogP contribution >= 0.6 is 0 Å². The van der Waals surface area contributed by atoms with E-state index < -0.39 is 0 Å². The fraction of sp³-hybridized carbons (Fsp3) is 0.909. The van der Waals surface area contributed by atoms with Gasteiger partial charge >= 0.3 is 0 Å². The maximum Gasteiger partial charge on any atom is 0.220 e. The molecule has 16 heavy (non-hydrogen) atoms. The van der Waals surface area contributed by atoms with Gasteiger partial charge in [-0.05, 0) is 19.5 Å². The molecule has 1 fully saturated rings. The van der Waals surface area contributed by atoms with Crippen molar-refractivity contribution in [2.75, 3.05) is 39.3 Å². The van der Waals surface area contributed by atoms with Crippen molar-refractivity contribution in [3.8, 4) is 0 Å². The number of morpholine rings is 1. The second kappa shape index (κ2) is 7.60. The lowest BCUT2D eigenvalue weighted by atomic mass is 10.2. The van der Waals surface area contributed by atoms with Crippen molar-refractivity contribution in [2.45, 2.75) is 25.9 Å². The van der Waals surface area contributed by atoms with E-state index in [9.17, 15) is 4.79 Å². The number of carbonyl (C=O) groups excluding carboxylic acids is 1. The van der Waals surface area contributed by atoms with Crippen molar-refractivity contribution in [3.63, 3.8) is 0 Å². The van der Waals surface area contributed by atoms with Crippen molar-refractivity contribution in [3.05, 3.63) is 0 Å². The normalized spacial score (nSPS) is 22.0. The lowest BCUT2D eigenvalue weighted by Crippen LogP contribution is -2.47. The summed E-state index contributed by atoms with van der Waals surface area (Å²) in [6, 6.07) is 0. The van der Waals surface area contributed by atoms with Crippen molar-refractivity contribution in [1.82, 2.24) is 10.2 Å². The molecule has 94 valence electrons. The summed E-state index contributed by atoms with van der Waals surface area (Å²) < 4.78 is 5.58. The fourth-order valence-corrected chi connectivity index (χ4v) is 1.77. The maximum atomic E-state index is 11.4. The second-order valence-electron chi connectivity index (χ2n) is 4.08. The molecule has 0 saturated carbocycles. The van der Waals surface area contributed by atoms with E-state index in [4.69, 9.17) is 10.5 Å². The third-order valence-electron chi connectivity index (χ3n) is 2.80. The Morgan fingerprint density at radius 2 is 2.44 bits per heavy atom. The average molecular weight is 229 g/mol. The quantitative estimate of drug-likeness (QED) is 0.648. The number of nitrogens with zero attached hydrogens (tertiary/aromatic N) is 1. The molecule has 5 heteroatoms. The molecule has 1 aliphatic rings. The van der Waals surface area contributed by atoms with Crippen molar-refractivity contribution >= 4 is 5.91 Å². The number of nitrogens with one attached hydrogen (secondary N) is 1. The Balaban J connectivity index is 2.14. The lowest BCUT2D eigenvalue weighted by Gasteiger charge is -2.32. The standard InChI is InChI=1S/C11H23N3O2/c1-2-14-6-7-16-10(9-14)8-13-11(15)4-3-5-12/h10H,2-9,12H2,1H3,(H,13,15). The third-order valence-corrected chi connectivity index (χ3v) is 2.80. The van der Waals surface area contributed by atoms with Crippen LogP contribution in [-0.2, 0) is 9.53 Å². The minimum Gasteiger partial charge on any atom is -0.374 e. The van der Waals surface area contributed by atoms with Crippen molar-refractivity contribution < 1.29 is 9.53 Å². The zero-order chi connectivity index (χ0) is 11.8. The Morgan fingerprint density at radius 1 is 1.62 bits per heavy atom. The highest BCUT2D eigenvalue weighted by Gasteiger charge is 2.19. The summed E-state index contributed by atoms with van der Waals surface area (Å²) in [5.41, 5.74) is 5.34. The number of carbonyl (C=O) groups is 1. The van der Waals surface area contributed by atoms with Crippen LogP contribution in [0, 0.1) is 0 Å². The molecule has 1 aliphatic heterocycles. The van der Waals surface area contributed by atoms with E-state index in [2.05, 4.69) is 17.1 Å². The third kappa shape index (κ3) is 4.92. The molecule has 0 radical (unpaired) electrons. The van der Waals surface area contributed by atoms with Crippen LogP contribution in [0.15, 0.2) is 0 Å². The molecular weight excluding hydrogens is 206 g/mol. The highest BCUT2D eigenvalue weighted by atomic mass is 16.5. The first-order chi connectivity index (χ1) is 7.76. The van der Waals surface area contributed by atoms with Gasteiger partial charge in [0.15, 0.2) is 0 Å². The zero-order valence-corrected chi connectivity index (χ0v) is 10.1. The Kier molecular flexibility index (Phi) is 6.37. The maximum absolute atomic E-state index is 11.4. The predicted octanol–water partition coefficient (Wildman–Crippen LogP) is -0.438. The average Bonchev–Trinajstić information content (AvgIpc) is 2.34. The molecule has 5 nitrogen and oxygen atoms in total. The first kappa shape index (κ1) is 13.4. The molecule has 1 unspecified atom stereocenters. The van der Waals surface area contributed by atoms with Gasteiger partial charge < -0.3 is 15.8 Å². The number of ether oxygens (including phenoxy) is 1. The molecule has 1 amide bonds. The molecule has 0 bridgehead atoms. The van der Waals surface area contributed by atoms with Crippen molar-refractivity contribution in [1.29, 1.82) is 0 Å². The Bertz CT molecular complexity index is 211. The monoisotopic (exact) mass is 229 g/mol. The topological polar surface area (TPSA) is 67.6 Å². The highest BCUT2D eigenvalue weighted by Crippen LogP contribution is 2.03. The molecule has 1 atom stereocenters. The molecule has 3 N–H and O–H groups in total. The van der Waals surface area contributed by atoms with Gasteiger partial charge in [-0.15, -0.1) is 0 Å². The van der Waals surface area contributed by atoms with Crippen LogP contribution in [0.4, 0.5) is 0 Å². The molecule has 1 rings (SSSR count). The van der Waals surface area contributed by atoms with E-state index in [1.165, 1.54) is 0 Å². The molecule has 0 aromatic carbocycles. The SMILES string of the molecule is CCN1CCOC(CNC(=O)CCCN)C1. The first-order valence-corrected chi connectivity index (χ1v) is 6.07. The Hall–Kier alpha value is -0.650. The van der Waals surface area contributed by atoms with Crippen LogP contribution in [0.2, 0.25) is 0 Å². The van der Waals surface area contributed by atoms with Gasteiger partial charge in [-0.1, -0.05) is 6.92 Å². The van der Waals surface area contributed by atoms with Crippen LogP contribution in [0.3, 0.4) is 0 Å². The summed E-state index contributed by atoms with van der Waals surface area (Å²) >= 11 is 0. The zero-order valence-electron chi connectivity index (χ0n) is 10.1. The minimum absolute atomic E-state index is 0.0719. The predicted molar refractivity (Wildman–Crippen MR) is 63.2 cm³/mol. The number of rotatable bonds is 6. The summed E-state index contributed by atoms with van der Waals surface area (Å²) in [5, 5.41) is 2.89. The number of nitrogens with two attached hydrogens (primary N) is 1. The van der Waals surface area contributed by atoms with Gasteiger partial charge in [-0.3, -0.25) is 9.69 Å². The van der Waals surface area contributed by atoms with Gasteiger partial charge in [0, 0.05) is 26.1 Å². The van der Waals surface area contributed by atoms with Gasteiger partial charge in [-0.25, -0.2) is 0 Å². The summed E-state index contributed by atoms with van der Waals surface area (Å²) in [6.45, 7) is 7.03. The molecular formula is C11H23N3O2. The lowest BCUT2D eigenvalue weighted by molar-refractivity contribution is -0.122. The molecule has 1 saturated heterocycles. The summed E-state index contributed by atoms with van der Waals surface area (Å²) in [6.07, 6.45) is 1.40.